The first-order chi connectivity index (χ1) is 14.0. The van der Waals surface area contributed by atoms with E-state index in [1.165, 1.54) is 0 Å². The summed E-state index contributed by atoms with van der Waals surface area (Å²) >= 11 is 0. The summed E-state index contributed by atoms with van der Waals surface area (Å²) in [6.07, 6.45) is 0.827. The van der Waals surface area contributed by atoms with E-state index in [1.54, 1.807) is 0 Å². The number of carbonyl (C=O) groups is 1. The molecular weight excluding hydrogens is 360 g/mol. The largest absolute Gasteiger partial charge is 0.355 e. The van der Waals surface area contributed by atoms with Gasteiger partial charge in [0.25, 0.3) is 5.56 Å². The third kappa shape index (κ3) is 3.92. The van der Waals surface area contributed by atoms with Gasteiger partial charge in [-0.3, -0.25) is 9.59 Å². The Morgan fingerprint density at radius 3 is 2.52 bits per heavy atom. The van der Waals surface area contributed by atoms with Crippen LogP contribution in [0.15, 0.2) is 65.5 Å². The van der Waals surface area contributed by atoms with Crippen LogP contribution in [0.1, 0.15) is 22.3 Å². The van der Waals surface area contributed by atoms with Crippen LogP contribution in [0.2, 0.25) is 0 Å². The third-order valence-corrected chi connectivity index (χ3v) is 5.47. The van der Waals surface area contributed by atoms with Crippen LogP contribution >= 0.6 is 0 Å². The van der Waals surface area contributed by atoms with Crippen LogP contribution in [0.3, 0.4) is 0 Å². The molecule has 0 fully saturated rings. The van der Waals surface area contributed by atoms with Crippen LogP contribution in [-0.4, -0.2) is 17.4 Å². The molecule has 0 aliphatic carbocycles. The number of benzene rings is 3. The second-order valence-electron chi connectivity index (χ2n) is 7.53. The highest BCUT2D eigenvalue weighted by Crippen LogP contribution is 2.20. The quantitative estimate of drug-likeness (QED) is 0.542. The number of aromatic amines is 1. The fourth-order valence-electron chi connectivity index (χ4n) is 3.82. The van der Waals surface area contributed by atoms with Gasteiger partial charge >= 0.3 is 0 Å². The Morgan fingerprint density at radius 2 is 1.66 bits per heavy atom. The first-order valence-electron chi connectivity index (χ1n) is 9.88. The summed E-state index contributed by atoms with van der Waals surface area (Å²) < 4.78 is 0. The summed E-state index contributed by atoms with van der Waals surface area (Å²) in [7, 11) is 0. The molecule has 0 bridgehead atoms. The summed E-state index contributed by atoms with van der Waals surface area (Å²) in [6, 6.07) is 20.1. The zero-order valence-electron chi connectivity index (χ0n) is 16.7. The van der Waals surface area contributed by atoms with Crippen LogP contribution in [0.5, 0.6) is 0 Å². The van der Waals surface area contributed by atoms with Crippen molar-refractivity contribution in [2.45, 2.75) is 26.7 Å². The topological polar surface area (TPSA) is 62.0 Å². The number of aryl methyl sites for hydroxylation is 2. The standard InChI is InChI=1S/C25H24N2O2/c1-16-10-11-17(2)24-22(16)14-20(25(29)27-24)12-13-26-23(28)15-19-8-5-7-18-6-3-4-9-21(18)19/h3-11,14H,12-13,15H2,1-2H3,(H,26,28)(H,27,29). The van der Waals surface area contributed by atoms with E-state index in [2.05, 4.69) is 16.4 Å². The lowest BCUT2D eigenvalue weighted by atomic mass is 10.0. The SMILES string of the molecule is Cc1ccc(C)c2[nH]c(=O)c(CCNC(=O)Cc3cccc4ccccc34)cc12. The number of rotatable bonds is 5. The number of fused-ring (bicyclic) bond motifs is 2. The Hall–Kier alpha value is -3.40. The van der Waals surface area contributed by atoms with Gasteiger partial charge in [-0.25, -0.2) is 0 Å². The molecule has 0 aliphatic rings. The van der Waals surface area contributed by atoms with E-state index in [4.69, 9.17) is 0 Å². The first-order valence-corrected chi connectivity index (χ1v) is 9.88. The number of pyridine rings is 1. The molecule has 0 radical (unpaired) electrons. The van der Waals surface area contributed by atoms with Crippen molar-refractivity contribution < 1.29 is 4.79 Å². The van der Waals surface area contributed by atoms with Gasteiger partial charge in [0.2, 0.25) is 5.91 Å². The normalized spacial score (nSPS) is 11.1. The van der Waals surface area contributed by atoms with E-state index >= 15 is 0 Å². The molecule has 4 aromatic rings. The Labute approximate surface area is 169 Å². The van der Waals surface area contributed by atoms with E-state index in [0.29, 0.717) is 24.9 Å². The second kappa shape index (κ2) is 7.92. The van der Waals surface area contributed by atoms with Crippen molar-refractivity contribution in [2.24, 2.45) is 0 Å². The number of H-pyrrole nitrogens is 1. The van der Waals surface area contributed by atoms with Crippen LogP contribution in [0, 0.1) is 13.8 Å². The third-order valence-electron chi connectivity index (χ3n) is 5.47. The Balaban J connectivity index is 1.45. The van der Waals surface area contributed by atoms with Crippen molar-refractivity contribution in [3.63, 3.8) is 0 Å². The molecule has 1 aromatic heterocycles. The molecule has 4 nitrogen and oxygen atoms in total. The lowest BCUT2D eigenvalue weighted by molar-refractivity contribution is -0.120. The summed E-state index contributed by atoms with van der Waals surface area (Å²) in [6.45, 7) is 4.46. The Bertz CT molecular complexity index is 1270. The fraction of sp³-hybridized carbons (Fsp3) is 0.200. The highest BCUT2D eigenvalue weighted by atomic mass is 16.1. The van der Waals surface area contributed by atoms with Gasteiger partial charge in [-0.05, 0) is 53.8 Å². The molecule has 0 saturated carbocycles. The summed E-state index contributed by atoms with van der Waals surface area (Å²) in [5.74, 6) is -0.0365. The molecule has 0 aliphatic heterocycles. The van der Waals surface area contributed by atoms with E-state index in [0.717, 1.165) is 38.4 Å². The molecule has 146 valence electrons. The van der Waals surface area contributed by atoms with E-state index in [1.807, 2.05) is 68.4 Å². The number of amides is 1. The van der Waals surface area contributed by atoms with Crippen LogP contribution in [0.4, 0.5) is 0 Å². The smallest absolute Gasteiger partial charge is 0.251 e. The van der Waals surface area contributed by atoms with Crippen molar-refractivity contribution in [2.75, 3.05) is 6.54 Å². The number of hydrogen-bond donors (Lipinski definition) is 2. The molecule has 0 saturated heterocycles. The molecule has 29 heavy (non-hydrogen) atoms. The number of hydrogen-bond acceptors (Lipinski definition) is 2. The molecule has 4 heteroatoms. The zero-order chi connectivity index (χ0) is 20.4. The maximum absolute atomic E-state index is 12.4. The van der Waals surface area contributed by atoms with Gasteiger partial charge in [0.1, 0.15) is 0 Å². The number of carbonyl (C=O) groups excluding carboxylic acids is 1. The second-order valence-corrected chi connectivity index (χ2v) is 7.53. The zero-order valence-corrected chi connectivity index (χ0v) is 16.7. The van der Waals surface area contributed by atoms with Crippen molar-refractivity contribution in [1.82, 2.24) is 10.3 Å². The molecular formula is C25H24N2O2. The van der Waals surface area contributed by atoms with E-state index in [9.17, 15) is 9.59 Å². The van der Waals surface area contributed by atoms with Crippen LogP contribution in [0.25, 0.3) is 21.7 Å². The van der Waals surface area contributed by atoms with Crippen LogP contribution < -0.4 is 10.9 Å². The minimum absolute atomic E-state index is 0.0365. The molecule has 2 N–H and O–H groups in total. The van der Waals surface area contributed by atoms with Crippen molar-refractivity contribution >= 4 is 27.6 Å². The summed E-state index contributed by atoms with van der Waals surface area (Å²) in [5.41, 5.74) is 4.68. The van der Waals surface area contributed by atoms with Gasteiger partial charge in [-0.15, -0.1) is 0 Å². The molecule has 3 aromatic carbocycles. The van der Waals surface area contributed by atoms with Crippen molar-refractivity contribution in [3.05, 3.63) is 93.3 Å². The minimum Gasteiger partial charge on any atom is -0.355 e. The lowest BCUT2D eigenvalue weighted by Gasteiger charge is -2.10. The molecule has 1 heterocycles. The van der Waals surface area contributed by atoms with Crippen molar-refractivity contribution in [1.29, 1.82) is 0 Å². The Kier molecular flexibility index (Phi) is 5.17. The molecule has 0 unspecified atom stereocenters. The number of nitrogens with one attached hydrogen (secondary N) is 2. The van der Waals surface area contributed by atoms with Gasteiger partial charge in [0.05, 0.1) is 11.9 Å². The predicted molar refractivity (Wildman–Crippen MR) is 118 cm³/mol. The van der Waals surface area contributed by atoms with Crippen LogP contribution in [-0.2, 0) is 17.6 Å². The summed E-state index contributed by atoms with van der Waals surface area (Å²) in [4.78, 5) is 27.9. The Morgan fingerprint density at radius 1 is 0.897 bits per heavy atom. The maximum atomic E-state index is 12.4. The minimum atomic E-state index is -0.0884. The van der Waals surface area contributed by atoms with Gasteiger partial charge < -0.3 is 10.3 Å². The average molecular weight is 384 g/mol. The van der Waals surface area contributed by atoms with Gasteiger partial charge in [-0.2, -0.15) is 0 Å². The van der Waals surface area contributed by atoms with Gasteiger partial charge in [0.15, 0.2) is 0 Å². The molecule has 1 amide bonds. The van der Waals surface area contributed by atoms with Crippen molar-refractivity contribution in [3.8, 4) is 0 Å². The predicted octanol–water partition coefficient (Wildman–Crippen LogP) is 4.20. The maximum Gasteiger partial charge on any atom is 0.251 e. The highest BCUT2D eigenvalue weighted by molar-refractivity contribution is 5.90. The van der Waals surface area contributed by atoms with Gasteiger partial charge in [-0.1, -0.05) is 54.6 Å². The van der Waals surface area contributed by atoms with E-state index < -0.39 is 0 Å². The molecule has 0 atom stereocenters. The molecule has 4 rings (SSSR count). The number of aromatic nitrogens is 1. The average Bonchev–Trinajstić information content (AvgIpc) is 2.72. The lowest BCUT2D eigenvalue weighted by Crippen LogP contribution is -2.28. The van der Waals surface area contributed by atoms with E-state index in [-0.39, 0.29) is 11.5 Å². The monoisotopic (exact) mass is 384 g/mol. The fourth-order valence-corrected chi connectivity index (χ4v) is 3.82. The van der Waals surface area contributed by atoms with Gasteiger partial charge in [0, 0.05) is 17.5 Å². The first kappa shape index (κ1) is 18.9. The highest BCUT2D eigenvalue weighted by Gasteiger charge is 2.09. The molecule has 0 spiro atoms. The summed E-state index contributed by atoms with van der Waals surface area (Å²) in [5, 5.41) is 6.24.